The molecule has 2 aromatic rings. The molecule has 1 aromatic carbocycles. The van der Waals surface area contributed by atoms with Gasteiger partial charge in [-0.15, -0.1) is 0 Å². The summed E-state index contributed by atoms with van der Waals surface area (Å²) in [6, 6.07) is 9.58. The van der Waals surface area contributed by atoms with E-state index >= 15 is 0 Å². The van der Waals surface area contributed by atoms with Crippen LogP contribution in [0.3, 0.4) is 0 Å². The van der Waals surface area contributed by atoms with Crippen molar-refractivity contribution in [1.82, 2.24) is 9.97 Å². The van der Waals surface area contributed by atoms with Gasteiger partial charge in [0.05, 0.1) is 0 Å². The average molecular weight is 202 g/mol. The van der Waals surface area contributed by atoms with Gasteiger partial charge in [-0.2, -0.15) is 0 Å². The highest BCUT2D eigenvalue weighted by atomic mass is 16.3. The lowest BCUT2D eigenvalue weighted by molar-refractivity contribution is 0.0678. The summed E-state index contributed by atoms with van der Waals surface area (Å²) in [6.45, 7) is 1.94. The lowest BCUT2D eigenvalue weighted by Crippen LogP contribution is -2.27. The molecule has 1 unspecified atom stereocenters. The molecule has 3 nitrogen and oxygen atoms in total. The molecule has 0 saturated heterocycles. The van der Waals surface area contributed by atoms with Crippen LogP contribution in [-0.2, 0) is 5.60 Å². The maximum absolute atomic E-state index is 10.6. The van der Waals surface area contributed by atoms with Crippen LogP contribution in [-0.4, -0.2) is 15.1 Å². The summed E-state index contributed by atoms with van der Waals surface area (Å²) >= 11 is 0. The Bertz CT molecular complexity index is 410. The normalized spacial score (nSPS) is 14.8. The Balaban J connectivity index is 2.47. The molecule has 0 amide bonds. The number of aromatic amines is 1. The SMILES string of the molecule is CCC(O)(c1ccccc1)c1ncc[nH]1. The number of rotatable bonds is 3. The van der Waals surface area contributed by atoms with Crippen molar-refractivity contribution in [3.05, 3.63) is 54.1 Å². The summed E-state index contributed by atoms with van der Waals surface area (Å²) in [5.74, 6) is 0.594. The van der Waals surface area contributed by atoms with Crippen LogP contribution in [0, 0.1) is 0 Å². The lowest BCUT2D eigenvalue weighted by atomic mass is 9.90. The molecule has 1 aromatic heterocycles. The van der Waals surface area contributed by atoms with Crippen LogP contribution >= 0.6 is 0 Å². The van der Waals surface area contributed by atoms with Crippen molar-refractivity contribution >= 4 is 0 Å². The highest BCUT2D eigenvalue weighted by Gasteiger charge is 2.31. The Kier molecular flexibility index (Phi) is 2.56. The Labute approximate surface area is 88.8 Å². The molecule has 0 radical (unpaired) electrons. The quantitative estimate of drug-likeness (QED) is 0.800. The molecule has 2 rings (SSSR count). The number of aliphatic hydroxyl groups is 1. The molecule has 3 heteroatoms. The van der Waals surface area contributed by atoms with Crippen molar-refractivity contribution in [2.45, 2.75) is 18.9 Å². The van der Waals surface area contributed by atoms with Crippen molar-refractivity contribution in [3.63, 3.8) is 0 Å². The zero-order valence-corrected chi connectivity index (χ0v) is 8.64. The van der Waals surface area contributed by atoms with Gasteiger partial charge in [0.15, 0.2) is 0 Å². The van der Waals surface area contributed by atoms with E-state index in [0.29, 0.717) is 12.2 Å². The first-order valence-corrected chi connectivity index (χ1v) is 5.05. The van der Waals surface area contributed by atoms with Crippen LogP contribution in [0.1, 0.15) is 24.7 Å². The molecule has 0 bridgehead atoms. The van der Waals surface area contributed by atoms with Gasteiger partial charge in [-0.25, -0.2) is 4.98 Å². The molecule has 0 aliphatic rings. The van der Waals surface area contributed by atoms with E-state index in [9.17, 15) is 5.11 Å². The smallest absolute Gasteiger partial charge is 0.147 e. The van der Waals surface area contributed by atoms with Crippen LogP contribution in [0.2, 0.25) is 0 Å². The molecular weight excluding hydrogens is 188 g/mol. The first-order valence-electron chi connectivity index (χ1n) is 5.05. The van der Waals surface area contributed by atoms with E-state index < -0.39 is 5.60 Å². The van der Waals surface area contributed by atoms with E-state index in [1.807, 2.05) is 37.3 Å². The molecule has 0 aliphatic carbocycles. The molecule has 0 fully saturated rings. The van der Waals surface area contributed by atoms with Crippen LogP contribution < -0.4 is 0 Å². The van der Waals surface area contributed by atoms with Crippen molar-refractivity contribution in [3.8, 4) is 0 Å². The van der Waals surface area contributed by atoms with Crippen molar-refractivity contribution in [2.24, 2.45) is 0 Å². The topological polar surface area (TPSA) is 48.9 Å². The van der Waals surface area contributed by atoms with Gasteiger partial charge in [0.1, 0.15) is 11.4 Å². The third-order valence-electron chi connectivity index (χ3n) is 2.65. The number of hydrogen-bond acceptors (Lipinski definition) is 2. The fraction of sp³-hybridized carbons (Fsp3) is 0.250. The summed E-state index contributed by atoms with van der Waals surface area (Å²) in [6.07, 6.45) is 3.96. The minimum atomic E-state index is -1.01. The number of H-pyrrole nitrogens is 1. The zero-order chi connectivity index (χ0) is 10.7. The fourth-order valence-corrected chi connectivity index (χ4v) is 1.71. The molecule has 0 spiro atoms. The maximum Gasteiger partial charge on any atom is 0.147 e. The number of hydrogen-bond donors (Lipinski definition) is 2. The molecule has 15 heavy (non-hydrogen) atoms. The Hall–Kier alpha value is -1.61. The number of benzene rings is 1. The molecule has 0 saturated carbocycles. The van der Waals surface area contributed by atoms with Crippen LogP contribution in [0.25, 0.3) is 0 Å². The molecule has 0 aliphatic heterocycles. The lowest BCUT2D eigenvalue weighted by Gasteiger charge is -2.24. The Morgan fingerprint density at radius 2 is 2.07 bits per heavy atom. The molecule has 78 valence electrons. The van der Waals surface area contributed by atoms with Gasteiger partial charge in [-0.3, -0.25) is 0 Å². The summed E-state index contributed by atoms with van der Waals surface area (Å²) in [7, 11) is 0. The predicted molar refractivity (Wildman–Crippen MR) is 58.3 cm³/mol. The van der Waals surface area contributed by atoms with E-state index in [1.165, 1.54) is 0 Å². The minimum absolute atomic E-state index is 0.588. The van der Waals surface area contributed by atoms with E-state index in [1.54, 1.807) is 12.4 Å². The van der Waals surface area contributed by atoms with Crippen molar-refractivity contribution in [2.75, 3.05) is 0 Å². The standard InChI is InChI=1S/C12H14N2O/c1-2-12(15,11-13-8-9-14-11)10-6-4-3-5-7-10/h3-9,15H,2H2,1H3,(H,13,14). The zero-order valence-electron chi connectivity index (χ0n) is 8.64. The third-order valence-corrected chi connectivity index (χ3v) is 2.65. The summed E-state index contributed by atoms with van der Waals surface area (Å²) < 4.78 is 0. The monoisotopic (exact) mass is 202 g/mol. The van der Waals surface area contributed by atoms with Gasteiger partial charge in [-0.05, 0) is 12.0 Å². The second-order valence-electron chi connectivity index (χ2n) is 3.52. The van der Waals surface area contributed by atoms with Crippen molar-refractivity contribution in [1.29, 1.82) is 0 Å². The summed E-state index contributed by atoms with van der Waals surface area (Å²) in [5, 5.41) is 10.6. The first kappa shape index (κ1) is 9.93. The minimum Gasteiger partial charge on any atom is -0.377 e. The number of imidazole rings is 1. The van der Waals surface area contributed by atoms with Crippen molar-refractivity contribution < 1.29 is 5.11 Å². The molecule has 2 N–H and O–H groups in total. The molecular formula is C12H14N2O. The molecule has 1 atom stereocenters. The average Bonchev–Trinajstić information content (AvgIpc) is 2.83. The van der Waals surface area contributed by atoms with Crippen LogP contribution in [0.4, 0.5) is 0 Å². The van der Waals surface area contributed by atoms with Gasteiger partial charge in [-0.1, -0.05) is 37.3 Å². The van der Waals surface area contributed by atoms with Gasteiger partial charge >= 0.3 is 0 Å². The van der Waals surface area contributed by atoms with E-state index in [2.05, 4.69) is 9.97 Å². The van der Waals surface area contributed by atoms with Gasteiger partial charge in [0.25, 0.3) is 0 Å². The maximum atomic E-state index is 10.6. The highest BCUT2D eigenvalue weighted by molar-refractivity contribution is 5.28. The van der Waals surface area contributed by atoms with E-state index in [0.717, 1.165) is 5.56 Å². The summed E-state index contributed by atoms with van der Waals surface area (Å²) in [4.78, 5) is 7.10. The first-order chi connectivity index (χ1) is 7.27. The van der Waals surface area contributed by atoms with Gasteiger partial charge < -0.3 is 10.1 Å². The second kappa shape index (κ2) is 3.87. The Morgan fingerprint density at radius 1 is 1.33 bits per heavy atom. The fourth-order valence-electron chi connectivity index (χ4n) is 1.71. The Morgan fingerprint density at radius 3 is 2.60 bits per heavy atom. The number of aromatic nitrogens is 2. The van der Waals surface area contributed by atoms with Crippen LogP contribution in [0.15, 0.2) is 42.7 Å². The van der Waals surface area contributed by atoms with Crippen LogP contribution in [0.5, 0.6) is 0 Å². The third kappa shape index (κ3) is 1.66. The second-order valence-corrected chi connectivity index (χ2v) is 3.52. The number of nitrogens with zero attached hydrogens (tertiary/aromatic N) is 1. The summed E-state index contributed by atoms with van der Waals surface area (Å²) in [5.41, 5.74) is -0.146. The van der Waals surface area contributed by atoms with E-state index in [-0.39, 0.29) is 0 Å². The van der Waals surface area contributed by atoms with Gasteiger partial charge in [0.2, 0.25) is 0 Å². The number of nitrogens with one attached hydrogen (secondary N) is 1. The van der Waals surface area contributed by atoms with Gasteiger partial charge in [0, 0.05) is 12.4 Å². The highest BCUT2D eigenvalue weighted by Crippen LogP contribution is 2.29. The predicted octanol–water partition coefficient (Wildman–Crippen LogP) is 2.06. The van der Waals surface area contributed by atoms with E-state index in [4.69, 9.17) is 0 Å². The largest absolute Gasteiger partial charge is 0.377 e. The molecule has 1 heterocycles.